The van der Waals surface area contributed by atoms with Gasteiger partial charge in [0.2, 0.25) is 10.7 Å². The van der Waals surface area contributed by atoms with E-state index < -0.39 is 18.0 Å². The van der Waals surface area contributed by atoms with Crippen molar-refractivity contribution in [2.24, 2.45) is 16.6 Å². The van der Waals surface area contributed by atoms with E-state index in [4.69, 9.17) is 10.5 Å². The van der Waals surface area contributed by atoms with Gasteiger partial charge in [0.15, 0.2) is 0 Å². The summed E-state index contributed by atoms with van der Waals surface area (Å²) in [6.45, 7) is 11.3. The van der Waals surface area contributed by atoms with Crippen LogP contribution in [0.25, 0.3) is 0 Å². The molecule has 152 valence electrons. The molecule has 0 aliphatic carbocycles. The molecule has 1 unspecified atom stereocenters. The molecule has 1 saturated heterocycles. The number of rotatable bonds is 6. The first-order valence-corrected chi connectivity index (χ1v) is 10.3. The van der Waals surface area contributed by atoms with Crippen LogP contribution in [0, 0.1) is 5.92 Å². The molecule has 8 nitrogen and oxygen atoms in total. The van der Waals surface area contributed by atoms with Crippen molar-refractivity contribution < 1.29 is 14.3 Å². The lowest BCUT2D eigenvalue weighted by Gasteiger charge is -2.19. The van der Waals surface area contributed by atoms with Crippen LogP contribution in [-0.4, -0.2) is 40.5 Å². The molecule has 2 rings (SSSR count). The van der Waals surface area contributed by atoms with Gasteiger partial charge in [-0.2, -0.15) is 10.1 Å². The SMILES string of the molecule is CCC(C)[C@H](NC(=O)/N=c1\sc(C(C)(C)C)nn1C[C@H]1CCCO1)C(N)=O. The minimum Gasteiger partial charge on any atom is -0.376 e. The second-order valence-corrected chi connectivity index (χ2v) is 9.04. The minimum atomic E-state index is -0.743. The highest BCUT2D eigenvalue weighted by Crippen LogP contribution is 2.22. The van der Waals surface area contributed by atoms with Crippen LogP contribution in [0.2, 0.25) is 0 Å². The number of hydrogen-bond acceptors (Lipinski definition) is 5. The average molecular weight is 398 g/mol. The largest absolute Gasteiger partial charge is 0.376 e. The van der Waals surface area contributed by atoms with Crippen molar-refractivity contribution in [2.75, 3.05) is 6.61 Å². The number of primary amides is 1. The van der Waals surface area contributed by atoms with E-state index in [1.54, 1.807) is 4.68 Å². The fourth-order valence-corrected chi connectivity index (χ4v) is 3.75. The van der Waals surface area contributed by atoms with Gasteiger partial charge in [0, 0.05) is 12.0 Å². The second kappa shape index (κ2) is 8.97. The molecule has 9 heteroatoms. The third-order valence-corrected chi connectivity index (χ3v) is 6.03. The molecule has 0 aromatic carbocycles. The Morgan fingerprint density at radius 3 is 2.70 bits per heavy atom. The zero-order chi connectivity index (χ0) is 20.2. The lowest BCUT2D eigenvalue weighted by atomic mass is 9.98. The van der Waals surface area contributed by atoms with Crippen molar-refractivity contribution in [2.45, 2.75) is 78.0 Å². The van der Waals surface area contributed by atoms with Crippen molar-refractivity contribution in [1.29, 1.82) is 0 Å². The van der Waals surface area contributed by atoms with E-state index in [0.717, 1.165) is 30.9 Å². The van der Waals surface area contributed by atoms with Crippen molar-refractivity contribution in [1.82, 2.24) is 15.1 Å². The first-order chi connectivity index (χ1) is 12.6. The molecule has 0 bridgehead atoms. The molecule has 0 saturated carbocycles. The standard InChI is InChI=1S/C18H31N5O3S/c1-6-11(2)13(14(19)24)20-16(25)21-17-23(10-12-8-7-9-26-12)22-15(27-17)18(3,4)5/h11-13H,6-10H2,1-5H3,(H2,19,24)(H,20,25)/b21-17-/t11?,12-,13+/m1/s1. The van der Waals surface area contributed by atoms with Crippen molar-refractivity contribution in [3.05, 3.63) is 9.81 Å². The van der Waals surface area contributed by atoms with Gasteiger partial charge in [-0.05, 0) is 18.8 Å². The Hall–Kier alpha value is -1.74. The number of nitrogens with two attached hydrogens (primary N) is 1. The summed E-state index contributed by atoms with van der Waals surface area (Å²) in [6.07, 6.45) is 2.81. The molecule has 2 heterocycles. The zero-order valence-corrected chi connectivity index (χ0v) is 17.6. The molecule has 3 atom stereocenters. The monoisotopic (exact) mass is 397 g/mol. The number of amides is 3. The number of aromatic nitrogens is 2. The summed E-state index contributed by atoms with van der Waals surface area (Å²) in [5.74, 6) is -0.618. The molecule has 1 aliphatic heterocycles. The van der Waals surface area contributed by atoms with E-state index in [-0.39, 0.29) is 17.4 Å². The van der Waals surface area contributed by atoms with Gasteiger partial charge in [0.05, 0.1) is 12.6 Å². The highest BCUT2D eigenvalue weighted by Gasteiger charge is 2.25. The van der Waals surface area contributed by atoms with E-state index in [9.17, 15) is 9.59 Å². The Labute approximate surface area is 164 Å². The van der Waals surface area contributed by atoms with Crippen molar-refractivity contribution in [3.63, 3.8) is 0 Å². The molecule has 0 spiro atoms. The predicted octanol–water partition coefficient (Wildman–Crippen LogP) is 1.93. The van der Waals surface area contributed by atoms with Crippen LogP contribution in [-0.2, 0) is 21.5 Å². The van der Waals surface area contributed by atoms with Gasteiger partial charge in [0.25, 0.3) is 0 Å². The first-order valence-electron chi connectivity index (χ1n) is 9.46. The van der Waals surface area contributed by atoms with Gasteiger partial charge < -0.3 is 15.8 Å². The Bertz CT molecular complexity index is 728. The third-order valence-electron chi connectivity index (χ3n) is 4.66. The lowest BCUT2D eigenvalue weighted by molar-refractivity contribution is -0.120. The summed E-state index contributed by atoms with van der Waals surface area (Å²) in [7, 11) is 0. The highest BCUT2D eigenvalue weighted by molar-refractivity contribution is 7.09. The summed E-state index contributed by atoms with van der Waals surface area (Å²) in [6, 6.07) is -1.32. The fourth-order valence-electron chi connectivity index (χ4n) is 2.78. The van der Waals surface area contributed by atoms with Crippen molar-refractivity contribution in [3.8, 4) is 0 Å². The van der Waals surface area contributed by atoms with Crippen LogP contribution < -0.4 is 15.9 Å². The Kier molecular flexibility index (Phi) is 7.16. The maximum Gasteiger partial charge on any atom is 0.344 e. The number of nitrogens with zero attached hydrogens (tertiary/aromatic N) is 3. The smallest absolute Gasteiger partial charge is 0.344 e. The average Bonchev–Trinajstić information content (AvgIpc) is 3.22. The minimum absolute atomic E-state index is 0.0627. The maximum absolute atomic E-state index is 12.4. The molecule has 3 N–H and O–H groups in total. The normalized spacial score (nSPS) is 20.5. The molecule has 1 aromatic rings. The van der Waals surface area contributed by atoms with E-state index in [0.29, 0.717) is 11.3 Å². The van der Waals surface area contributed by atoms with Crippen LogP contribution in [0.5, 0.6) is 0 Å². The quantitative estimate of drug-likeness (QED) is 0.764. The van der Waals surface area contributed by atoms with Gasteiger partial charge in [-0.15, -0.1) is 0 Å². The lowest BCUT2D eigenvalue weighted by Crippen LogP contribution is -2.47. The number of nitrogens with one attached hydrogen (secondary N) is 1. The Morgan fingerprint density at radius 1 is 1.48 bits per heavy atom. The number of urea groups is 1. The maximum atomic E-state index is 12.4. The molecule has 1 aromatic heterocycles. The highest BCUT2D eigenvalue weighted by atomic mass is 32.1. The summed E-state index contributed by atoms with van der Waals surface area (Å²) in [5, 5.41) is 8.18. The third kappa shape index (κ3) is 5.87. The molecule has 1 aliphatic rings. The number of ether oxygens (including phenoxy) is 1. The summed E-state index contributed by atoms with van der Waals surface area (Å²) in [4.78, 5) is 28.8. The first kappa shape index (κ1) is 21.6. The molecule has 0 radical (unpaired) electrons. The van der Waals surface area contributed by atoms with E-state index >= 15 is 0 Å². The van der Waals surface area contributed by atoms with Gasteiger partial charge >= 0.3 is 6.03 Å². The van der Waals surface area contributed by atoms with Gasteiger partial charge in [-0.25, -0.2) is 9.48 Å². The Morgan fingerprint density at radius 2 is 2.19 bits per heavy atom. The predicted molar refractivity (Wildman–Crippen MR) is 104 cm³/mol. The van der Waals surface area contributed by atoms with Gasteiger partial charge in [-0.1, -0.05) is 52.4 Å². The van der Waals surface area contributed by atoms with Crippen LogP contribution >= 0.6 is 11.3 Å². The molecule has 3 amide bonds. The van der Waals surface area contributed by atoms with Crippen LogP contribution in [0.3, 0.4) is 0 Å². The van der Waals surface area contributed by atoms with Crippen LogP contribution in [0.15, 0.2) is 4.99 Å². The molecular formula is C18H31N5O3S. The fraction of sp³-hybridized carbons (Fsp3) is 0.778. The summed E-state index contributed by atoms with van der Waals surface area (Å²) >= 11 is 1.38. The number of carbonyl (C=O) groups excluding carboxylic acids is 2. The second-order valence-electron chi connectivity index (χ2n) is 8.08. The number of carbonyl (C=O) groups is 2. The Balaban J connectivity index is 2.29. The van der Waals surface area contributed by atoms with Gasteiger partial charge in [0.1, 0.15) is 11.0 Å². The van der Waals surface area contributed by atoms with Crippen molar-refractivity contribution >= 4 is 23.3 Å². The molecule has 1 fully saturated rings. The van der Waals surface area contributed by atoms with Crippen LogP contribution in [0.1, 0.15) is 58.9 Å². The van der Waals surface area contributed by atoms with Crippen LogP contribution in [0.4, 0.5) is 4.79 Å². The van der Waals surface area contributed by atoms with Gasteiger partial charge in [-0.3, -0.25) is 4.79 Å². The number of hydrogen-bond donors (Lipinski definition) is 2. The topological polar surface area (TPSA) is 112 Å². The zero-order valence-electron chi connectivity index (χ0n) is 16.8. The van der Waals surface area contributed by atoms with E-state index in [1.165, 1.54) is 11.3 Å². The molecular weight excluding hydrogens is 366 g/mol. The summed E-state index contributed by atoms with van der Waals surface area (Å²) in [5.41, 5.74) is 5.27. The van der Waals surface area contributed by atoms with E-state index in [2.05, 4.69) is 36.2 Å². The molecule has 27 heavy (non-hydrogen) atoms. The van der Waals surface area contributed by atoms with E-state index in [1.807, 2.05) is 13.8 Å². The summed E-state index contributed by atoms with van der Waals surface area (Å²) < 4.78 is 7.43.